The van der Waals surface area contributed by atoms with Crippen molar-refractivity contribution < 1.29 is 18.4 Å². The normalized spacial score (nSPS) is 13.3. The van der Waals surface area contributed by atoms with E-state index in [4.69, 9.17) is 16.0 Å². The van der Waals surface area contributed by atoms with Crippen molar-refractivity contribution >= 4 is 40.9 Å². The molecule has 0 saturated carbocycles. The van der Waals surface area contributed by atoms with Gasteiger partial charge in [0.05, 0.1) is 30.8 Å². The van der Waals surface area contributed by atoms with Gasteiger partial charge in [0.2, 0.25) is 5.91 Å². The maximum Gasteiger partial charge on any atom is 0.251 e. The van der Waals surface area contributed by atoms with Gasteiger partial charge in [-0.2, -0.15) is 0 Å². The number of thioether (sulfide) groups is 1. The molecule has 0 radical (unpaired) electrons. The smallest absolute Gasteiger partial charge is 0.251 e. The van der Waals surface area contributed by atoms with E-state index in [2.05, 4.69) is 5.32 Å². The van der Waals surface area contributed by atoms with Crippen molar-refractivity contribution in [2.45, 2.75) is 18.0 Å². The highest BCUT2D eigenvalue weighted by Gasteiger charge is 2.27. The Kier molecular flexibility index (Phi) is 5.60. The average Bonchev–Trinajstić information content (AvgIpc) is 3.23. The van der Waals surface area contributed by atoms with Gasteiger partial charge in [0, 0.05) is 21.0 Å². The SMILES string of the molecule is O=C(NCc1ccco1)c1ccc2c(c1)N(Cc1c(F)cccc1Cl)C(=O)CS2. The molecule has 1 aromatic heterocycles. The molecular weight excluding hydrogens is 415 g/mol. The van der Waals surface area contributed by atoms with Crippen molar-refractivity contribution in [2.75, 3.05) is 10.7 Å². The van der Waals surface area contributed by atoms with Crippen LogP contribution in [0.1, 0.15) is 21.7 Å². The number of furan rings is 1. The first-order chi connectivity index (χ1) is 14.0. The molecule has 4 rings (SSSR count). The van der Waals surface area contributed by atoms with Crippen molar-refractivity contribution in [1.29, 1.82) is 0 Å². The van der Waals surface area contributed by atoms with Crippen LogP contribution in [0.15, 0.2) is 64.1 Å². The molecule has 29 heavy (non-hydrogen) atoms. The number of carbonyl (C=O) groups is 2. The van der Waals surface area contributed by atoms with Crippen LogP contribution in [0.25, 0.3) is 0 Å². The zero-order valence-corrected chi connectivity index (χ0v) is 16.7. The number of carbonyl (C=O) groups excluding carboxylic acids is 2. The summed E-state index contributed by atoms with van der Waals surface area (Å²) in [6.07, 6.45) is 1.54. The van der Waals surface area contributed by atoms with E-state index in [0.29, 0.717) is 17.0 Å². The quantitative estimate of drug-likeness (QED) is 0.640. The van der Waals surface area contributed by atoms with Gasteiger partial charge in [-0.15, -0.1) is 11.8 Å². The Morgan fingerprint density at radius 1 is 1.24 bits per heavy atom. The third-order valence-electron chi connectivity index (χ3n) is 4.55. The van der Waals surface area contributed by atoms with E-state index < -0.39 is 5.82 Å². The maximum atomic E-state index is 14.3. The van der Waals surface area contributed by atoms with E-state index in [1.807, 2.05) is 0 Å². The molecule has 1 aliphatic rings. The minimum Gasteiger partial charge on any atom is -0.467 e. The second kappa shape index (κ2) is 8.31. The van der Waals surface area contributed by atoms with Crippen LogP contribution >= 0.6 is 23.4 Å². The van der Waals surface area contributed by atoms with Crippen LogP contribution in [0.5, 0.6) is 0 Å². The van der Waals surface area contributed by atoms with E-state index in [0.717, 1.165) is 4.90 Å². The first kappa shape index (κ1) is 19.5. The number of anilines is 1. The molecule has 148 valence electrons. The summed E-state index contributed by atoms with van der Waals surface area (Å²) in [4.78, 5) is 27.4. The summed E-state index contributed by atoms with van der Waals surface area (Å²) in [6, 6.07) is 13.1. The molecule has 2 heterocycles. The maximum absolute atomic E-state index is 14.3. The van der Waals surface area contributed by atoms with Crippen molar-refractivity contribution in [1.82, 2.24) is 5.32 Å². The Hall–Kier alpha value is -2.77. The number of fused-ring (bicyclic) bond motifs is 1. The van der Waals surface area contributed by atoms with Gasteiger partial charge < -0.3 is 14.6 Å². The van der Waals surface area contributed by atoms with Gasteiger partial charge in [-0.05, 0) is 42.5 Å². The van der Waals surface area contributed by atoms with Crippen LogP contribution in [0.3, 0.4) is 0 Å². The lowest BCUT2D eigenvalue weighted by Gasteiger charge is -2.30. The Morgan fingerprint density at radius 2 is 2.10 bits per heavy atom. The van der Waals surface area contributed by atoms with Crippen molar-refractivity contribution in [3.63, 3.8) is 0 Å². The van der Waals surface area contributed by atoms with Crippen LogP contribution in [-0.4, -0.2) is 17.6 Å². The molecule has 5 nitrogen and oxygen atoms in total. The molecule has 2 aromatic carbocycles. The predicted molar refractivity (Wildman–Crippen MR) is 110 cm³/mol. The number of rotatable bonds is 5. The fourth-order valence-electron chi connectivity index (χ4n) is 3.04. The van der Waals surface area contributed by atoms with E-state index in [-0.39, 0.29) is 41.2 Å². The molecule has 0 saturated heterocycles. The molecule has 8 heteroatoms. The van der Waals surface area contributed by atoms with Crippen LogP contribution < -0.4 is 10.2 Å². The van der Waals surface area contributed by atoms with Gasteiger partial charge >= 0.3 is 0 Å². The van der Waals surface area contributed by atoms with Crippen LogP contribution in [0, 0.1) is 5.82 Å². The fourth-order valence-corrected chi connectivity index (χ4v) is 4.18. The lowest BCUT2D eigenvalue weighted by Crippen LogP contribution is -2.35. The van der Waals surface area contributed by atoms with E-state index in [1.165, 1.54) is 35.1 Å². The molecule has 0 unspecified atom stereocenters. The van der Waals surface area contributed by atoms with E-state index >= 15 is 0 Å². The monoisotopic (exact) mass is 430 g/mol. The summed E-state index contributed by atoms with van der Waals surface area (Å²) < 4.78 is 19.5. The van der Waals surface area contributed by atoms with Gasteiger partial charge in [0.1, 0.15) is 11.6 Å². The van der Waals surface area contributed by atoms with E-state index in [1.54, 1.807) is 36.4 Å². The second-order valence-electron chi connectivity index (χ2n) is 6.41. The number of hydrogen-bond acceptors (Lipinski definition) is 4. The molecule has 2 amide bonds. The Balaban J connectivity index is 1.60. The molecule has 1 aliphatic heterocycles. The zero-order valence-electron chi connectivity index (χ0n) is 15.2. The van der Waals surface area contributed by atoms with Gasteiger partial charge in [0.25, 0.3) is 5.91 Å². The standard InChI is InChI=1S/C21H16ClFN2O3S/c22-16-4-1-5-17(23)15(16)11-25-18-9-13(6-7-19(18)29-12-20(25)26)21(27)24-10-14-3-2-8-28-14/h1-9H,10-12H2,(H,24,27). The molecule has 3 aromatic rings. The summed E-state index contributed by atoms with van der Waals surface area (Å²) >= 11 is 7.53. The summed E-state index contributed by atoms with van der Waals surface area (Å²) in [6.45, 7) is 0.251. The summed E-state index contributed by atoms with van der Waals surface area (Å²) in [5.41, 5.74) is 1.21. The summed E-state index contributed by atoms with van der Waals surface area (Å²) in [5.74, 6) is -0.0651. The molecule has 0 atom stereocenters. The molecular formula is C21H16ClFN2O3S. The lowest BCUT2D eigenvalue weighted by atomic mass is 10.1. The number of nitrogens with one attached hydrogen (secondary N) is 1. The van der Waals surface area contributed by atoms with Crippen molar-refractivity contribution in [3.8, 4) is 0 Å². The number of hydrogen-bond donors (Lipinski definition) is 1. The number of halogens is 2. The minimum absolute atomic E-state index is 0.00460. The second-order valence-corrected chi connectivity index (χ2v) is 7.84. The largest absolute Gasteiger partial charge is 0.467 e. The van der Waals surface area contributed by atoms with Crippen LogP contribution in [0.4, 0.5) is 10.1 Å². The van der Waals surface area contributed by atoms with Crippen LogP contribution in [0.2, 0.25) is 5.02 Å². The van der Waals surface area contributed by atoms with Gasteiger partial charge in [-0.3, -0.25) is 9.59 Å². The number of benzene rings is 2. The third-order valence-corrected chi connectivity index (χ3v) is 5.95. The Bertz CT molecular complexity index is 1050. The topological polar surface area (TPSA) is 62.6 Å². The third kappa shape index (κ3) is 4.16. The first-order valence-electron chi connectivity index (χ1n) is 8.83. The van der Waals surface area contributed by atoms with Crippen molar-refractivity contribution in [3.05, 3.63) is 82.5 Å². The summed E-state index contributed by atoms with van der Waals surface area (Å²) in [5, 5.41) is 3.03. The first-order valence-corrected chi connectivity index (χ1v) is 10.2. The predicted octanol–water partition coefficient (Wildman–Crippen LogP) is 4.64. The highest BCUT2D eigenvalue weighted by Crippen LogP contribution is 2.37. The molecule has 0 bridgehead atoms. The molecule has 0 fully saturated rings. The fraction of sp³-hybridized carbons (Fsp3) is 0.143. The van der Waals surface area contributed by atoms with Gasteiger partial charge in [0.15, 0.2) is 0 Å². The lowest BCUT2D eigenvalue weighted by molar-refractivity contribution is -0.116. The molecule has 0 spiro atoms. The Morgan fingerprint density at radius 3 is 2.86 bits per heavy atom. The number of nitrogens with zero attached hydrogens (tertiary/aromatic N) is 1. The van der Waals surface area contributed by atoms with E-state index in [9.17, 15) is 14.0 Å². The van der Waals surface area contributed by atoms with Crippen molar-refractivity contribution in [2.24, 2.45) is 0 Å². The van der Waals surface area contributed by atoms with Gasteiger partial charge in [-0.1, -0.05) is 17.7 Å². The zero-order chi connectivity index (χ0) is 20.4. The molecule has 0 aliphatic carbocycles. The number of amides is 2. The van der Waals surface area contributed by atoms with Gasteiger partial charge in [-0.25, -0.2) is 4.39 Å². The minimum atomic E-state index is -0.475. The Labute approximate surface area is 175 Å². The highest BCUT2D eigenvalue weighted by molar-refractivity contribution is 8.00. The summed E-state index contributed by atoms with van der Waals surface area (Å²) in [7, 11) is 0. The highest BCUT2D eigenvalue weighted by atomic mass is 35.5. The average molecular weight is 431 g/mol. The molecule has 1 N–H and O–H groups in total. The van der Waals surface area contributed by atoms with Crippen LogP contribution in [-0.2, 0) is 17.9 Å².